The van der Waals surface area contributed by atoms with Gasteiger partial charge in [-0.05, 0) is 18.2 Å². The van der Waals surface area contributed by atoms with Crippen molar-refractivity contribution in [3.8, 4) is 22.8 Å². The number of carbonyl (C=O) groups excluding carboxylic acids is 1. The predicted octanol–water partition coefficient (Wildman–Crippen LogP) is 1.17. The van der Waals surface area contributed by atoms with Crippen LogP contribution in [0.1, 0.15) is 10.5 Å². The number of primary amides is 1. The smallest absolute Gasteiger partial charge is 0.507 e. The summed E-state index contributed by atoms with van der Waals surface area (Å²) in [6, 6.07) is 2.75. The van der Waals surface area contributed by atoms with Crippen molar-refractivity contribution in [2.75, 3.05) is 0 Å². The Morgan fingerprint density at radius 2 is 2.05 bits per heavy atom. The first-order valence-electron chi connectivity index (χ1n) is 5.07. The summed E-state index contributed by atoms with van der Waals surface area (Å²) in [5.74, 6) is -1.94. The number of nitrogens with one attached hydrogen (secondary N) is 1. The molecule has 4 N–H and O–H groups in total. The van der Waals surface area contributed by atoms with Gasteiger partial charge in [0.25, 0.3) is 5.91 Å². The summed E-state index contributed by atoms with van der Waals surface area (Å²) in [5, 5.41) is 18.8. The van der Waals surface area contributed by atoms with Crippen molar-refractivity contribution in [3.05, 3.63) is 23.9 Å². The standard InChI is InChI=1S/C10H7F3N4O3/c11-10(12,13)20-4-1-2-6(18)5(3-4)7-8(9(14)19)16-17-15-7/h1-3,18H,(H2,14,19)(H,15,16,17). The van der Waals surface area contributed by atoms with Gasteiger partial charge in [0.2, 0.25) is 0 Å². The third-order valence-electron chi connectivity index (χ3n) is 2.24. The summed E-state index contributed by atoms with van der Waals surface area (Å²) in [4.78, 5) is 11.1. The van der Waals surface area contributed by atoms with E-state index in [1.54, 1.807) is 0 Å². The van der Waals surface area contributed by atoms with E-state index in [1.165, 1.54) is 0 Å². The number of aromatic nitrogens is 3. The largest absolute Gasteiger partial charge is 0.573 e. The normalized spacial score (nSPS) is 11.3. The lowest BCUT2D eigenvalue weighted by atomic mass is 10.1. The fraction of sp³-hybridized carbons (Fsp3) is 0.100. The molecule has 106 valence electrons. The van der Waals surface area contributed by atoms with Crippen molar-refractivity contribution in [2.45, 2.75) is 6.36 Å². The van der Waals surface area contributed by atoms with Crippen LogP contribution in [-0.4, -0.2) is 32.8 Å². The van der Waals surface area contributed by atoms with Gasteiger partial charge in [-0.25, -0.2) is 0 Å². The molecule has 0 aliphatic rings. The van der Waals surface area contributed by atoms with Crippen molar-refractivity contribution in [1.82, 2.24) is 15.4 Å². The van der Waals surface area contributed by atoms with Crippen molar-refractivity contribution in [3.63, 3.8) is 0 Å². The number of alkyl halides is 3. The molecular formula is C10H7F3N4O3. The van der Waals surface area contributed by atoms with Gasteiger partial charge in [0.1, 0.15) is 17.2 Å². The lowest BCUT2D eigenvalue weighted by molar-refractivity contribution is -0.274. The van der Waals surface area contributed by atoms with Crippen LogP contribution in [0.15, 0.2) is 18.2 Å². The van der Waals surface area contributed by atoms with E-state index < -0.39 is 23.8 Å². The molecule has 10 heteroatoms. The van der Waals surface area contributed by atoms with E-state index in [9.17, 15) is 23.1 Å². The second kappa shape index (κ2) is 4.72. The number of nitrogens with zero attached hydrogens (tertiary/aromatic N) is 2. The predicted molar refractivity (Wildman–Crippen MR) is 58.7 cm³/mol. The number of nitrogens with two attached hydrogens (primary N) is 1. The van der Waals surface area contributed by atoms with Crippen LogP contribution in [0.5, 0.6) is 11.5 Å². The Hall–Kier alpha value is -2.78. The van der Waals surface area contributed by atoms with E-state index in [1.807, 2.05) is 0 Å². The summed E-state index contributed by atoms with van der Waals surface area (Å²) in [6.07, 6.45) is -4.88. The molecule has 0 bridgehead atoms. The molecule has 0 spiro atoms. The number of aromatic hydroxyl groups is 1. The molecule has 2 rings (SSSR count). The van der Waals surface area contributed by atoms with E-state index in [0.29, 0.717) is 0 Å². The van der Waals surface area contributed by atoms with E-state index in [-0.39, 0.29) is 17.0 Å². The molecule has 0 saturated heterocycles. The second-order valence-electron chi connectivity index (χ2n) is 3.61. The van der Waals surface area contributed by atoms with Gasteiger partial charge in [-0.3, -0.25) is 4.79 Å². The number of rotatable bonds is 3. The Morgan fingerprint density at radius 1 is 1.35 bits per heavy atom. The summed E-state index contributed by atoms with van der Waals surface area (Å²) < 4.78 is 40.1. The monoisotopic (exact) mass is 288 g/mol. The molecule has 7 nitrogen and oxygen atoms in total. The maximum atomic E-state index is 12.1. The van der Waals surface area contributed by atoms with Crippen LogP contribution in [-0.2, 0) is 0 Å². The lowest BCUT2D eigenvalue weighted by Crippen LogP contribution is -2.17. The maximum Gasteiger partial charge on any atom is 0.573 e. The SMILES string of the molecule is NC(=O)c1n[nH]nc1-c1cc(OC(F)(F)F)ccc1O. The molecule has 0 fully saturated rings. The number of H-pyrrole nitrogens is 1. The van der Waals surface area contributed by atoms with Crippen molar-refractivity contribution >= 4 is 5.91 Å². The number of carbonyl (C=O) groups is 1. The molecule has 1 amide bonds. The van der Waals surface area contributed by atoms with Crippen LogP contribution < -0.4 is 10.5 Å². The highest BCUT2D eigenvalue weighted by Crippen LogP contribution is 2.34. The van der Waals surface area contributed by atoms with E-state index in [2.05, 4.69) is 20.1 Å². The number of hydrogen-bond donors (Lipinski definition) is 3. The third-order valence-corrected chi connectivity index (χ3v) is 2.24. The summed E-state index contributed by atoms with van der Waals surface area (Å²) >= 11 is 0. The average Bonchev–Trinajstić information content (AvgIpc) is 2.78. The molecule has 1 aromatic heterocycles. The Kier molecular flexibility index (Phi) is 3.22. The van der Waals surface area contributed by atoms with Crippen LogP contribution in [0.25, 0.3) is 11.3 Å². The van der Waals surface area contributed by atoms with Gasteiger partial charge in [0.15, 0.2) is 5.69 Å². The van der Waals surface area contributed by atoms with Gasteiger partial charge in [-0.2, -0.15) is 15.4 Å². The van der Waals surface area contributed by atoms with Gasteiger partial charge in [-0.15, -0.1) is 13.2 Å². The van der Waals surface area contributed by atoms with Crippen LogP contribution in [0, 0.1) is 0 Å². The molecule has 0 aliphatic carbocycles. The number of phenolic OH excluding ortho intramolecular Hbond substituents is 1. The van der Waals surface area contributed by atoms with Crippen LogP contribution >= 0.6 is 0 Å². The minimum absolute atomic E-state index is 0.172. The number of benzene rings is 1. The molecule has 0 saturated carbocycles. The third kappa shape index (κ3) is 2.79. The molecule has 1 heterocycles. The molecule has 2 aromatic rings. The molecule has 0 radical (unpaired) electrons. The van der Waals surface area contributed by atoms with Gasteiger partial charge in [0.05, 0.1) is 5.56 Å². The summed E-state index contributed by atoms with van der Waals surface area (Å²) in [5.41, 5.74) is 4.37. The van der Waals surface area contributed by atoms with Crippen LogP contribution in [0.2, 0.25) is 0 Å². The van der Waals surface area contributed by atoms with Crippen LogP contribution in [0.4, 0.5) is 13.2 Å². The first-order valence-corrected chi connectivity index (χ1v) is 5.07. The summed E-state index contributed by atoms with van der Waals surface area (Å²) in [6.45, 7) is 0. The van der Waals surface area contributed by atoms with Gasteiger partial charge in [0, 0.05) is 0 Å². The zero-order valence-corrected chi connectivity index (χ0v) is 9.60. The van der Waals surface area contributed by atoms with Crippen molar-refractivity contribution in [2.24, 2.45) is 5.73 Å². The fourth-order valence-electron chi connectivity index (χ4n) is 1.49. The number of phenols is 1. The van der Waals surface area contributed by atoms with E-state index in [0.717, 1.165) is 18.2 Å². The topological polar surface area (TPSA) is 114 Å². The molecule has 0 unspecified atom stereocenters. The first-order chi connectivity index (χ1) is 9.28. The Bertz CT molecular complexity index is 653. The Balaban J connectivity index is 2.48. The summed E-state index contributed by atoms with van der Waals surface area (Å²) in [7, 11) is 0. The van der Waals surface area contributed by atoms with E-state index >= 15 is 0 Å². The minimum atomic E-state index is -4.88. The highest BCUT2D eigenvalue weighted by molar-refractivity contribution is 5.97. The number of ether oxygens (including phenoxy) is 1. The number of aromatic amines is 1. The highest BCUT2D eigenvalue weighted by Gasteiger charge is 2.31. The molecular weight excluding hydrogens is 281 g/mol. The zero-order valence-electron chi connectivity index (χ0n) is 9.60. The van der Waals surface area contributed by atoms with Gasteiger partial charge < -0.3 is 15.6 Å². The number of halogens is 3. The fourth-order valence-corrected chi connectivity index (χ4v) is 1.49. The zero-order chi connectivity index (χ0) is 14.9. The lowest BCUT2D eigenvalue weighted by Gasteiger charge is -2.10. The second-order valence-corrected chi connectivity index (χ2v) is 3.61. The number of hydrogen-bond acceptors (Lipinski definition) is 5. The molecule has 0 aliphatic heterocycles. The molecule has 1 aromatic carbocycles. The number of amides is 1. The maximum absolute atomic E-state index is 12.1. The molecule has 0 atom stereocenters. The van der Waals surface area contributed by atoms with Crippen LogP contribution in [0.3, 0.4) is 0 Å². The first kappa shape index (κ1) is 13.6. The van der Waals surface area contributed by atoms with Gasteiger partial charge in [-0.1, -0.05) is 0 Å². The van der Waals surface area contributed by atoms with Crippen molar-refractivity contribution < 1.29 is 27.8 Å². The quantitative estimate of drug-likeness (QED) is 0.784. The average molecular weight is 288 g/mol. The highest BCUT2D eigenvalue weighted by atomic mass is 19.4. The Labute approximate surface area is 109 Å². The molecule has 20 heavy (non-hydrogen) atoms. The Morgan fingerprint density at radius 3 is 2.65 bits per heavy atom. The minimum Gasteiger partial charge on any atom is -0.507 e. The van der Waals surface area contributed by atoms with Gasteiger partial charge >= 0.3 is 6.36 Å². The van der Waals surface area contributed by atoms with E-state index in [4.69, 9.17) is 5.73 Å². The van der Waals surface area contributed by atoms with Crippen molar-refractivity contribution in [1.29, 1.82) is 0 Å².